The molecule has 5 N–H and O–H groups in total. The van der Waals surface area contributed by atoms with Crippen molar-refractivity contribution in [1.29, 1.82) is 0 Å². The Morgan fingerprint density at radius 1 is 0.655 bits per heavy atom. The number of anilines is 4. The largest absolute Gasteiger partial charge is 0.457 e. The first-order valence-corrected chi connectivity index (χ1v) is 17.7. The maximum atomic E-state index is 12.1. The van der Waals surface area contributed by atoms with Gasteiger partial charge in [-0.15, -0.1) is 11.6 Å². The molecule has 0 bridgehead atoms. The zero-order valence-corrected chi connectivity index (χ0v) is 32.3. The maximum Gasteiger partial charge on any atom is 0.246 e. The van der Waals surface area contributed by atoms with Crippen LogP contribution in [0.3, 0.4) is 0 Å². The molecule has 0 spiro atoms. The highest BCUT2D eigenvalue weighted by Crippen LogP contribution is 2.26. The second-order valence-electron chi connectivity index (χ2n) is 13.9. The molecule has 0 aliphatic heterocycles. The standard InChI is InChI=1S/C20H22N4O3.C11H10N2O.C9H13ClN2O2/c1-20(2,3)17-12-19(27-24-17)23-18(25)13-22-14-5-4-6-16(11-14)26-15-7-9-21-10-8-15;12-9-2-1-3-11(8-9)14-10-4-6-13-7-5-10;1-9(2,3)6-4-8(14-12-6)11-7(13)5-10/h4-12,22H,13H2,1-3H3,(H,23,25);1-8H,12H2;4H,5H2,1-3H3,(H,11,13). The summed E-state index contributed by atoms with van der Waals surface area (Å²) in [5.74, 6) is 2.89. The predicted molar refractivity (Wildman–Crippen MR) is 213 cm³/mol. The number of amides is 2. The van der Waals surface area contributed by atoms with E-state index in [0.29, 0.717) is 29.0 Å². The number of nitrogens with two attached hydrogens (primary N) is 1. The van der Waals surface area contributed by atoms with Crippen LogP contribution in [-0.4, -0.2) is 44.5 Å². The van der Waals surface area contributed by atoms with E-state index in [1.54, 1.807) is 67.3 Å². The summed E-state index contributed by atoms with van der Waals surface area (Å²) in [7, 11) is 0. The van der Waals surface area contributed by atoms with Crippen LogP contribution < -0.4 is 31.2 Å². The van der Waals surface area contributed by atoms with Crippen LogP contribution in [0.25, 0.3) is 0 Å². The number of aromatic nitrogens is 4. The van der Waals surface area contributed by atoms with Crippen LogP contribution in [-0.2, 0) is 20.4 Å². The third kappa shape index (κ3) is 14.5. The number of pyridine rings is 2. The highest BCUT2D eigenvalue weighted by Gasteiger charge is 2.20. The zero-order valence-electron chi connectivity index (χ0n) is 31.5. The monoisotopic (exact) mass is 768 g/mol. The average molecular weight is 769 g/mol. The van der Waals surface area contributed by atoms with Crippen molar-refractivity contribution in [3.63, 3.8) is 0 Å². The van der Waals surface area contributed by atoms with Gasteiger partial charge in [0.25, 0.3) is 0 Å². The molecule has 6 rings (SSSR count). The van der Waals surface area contributed by atoms with Gasteiger partial charge in [0.2, 0.25) is 23.6 Å². The van der Waals surface area contributed by atoms with Crippen LogP contribution in [0.5, 0.6) is 23.0 Å². The van der Waals surface area contributed by atoms with E-state index in [1.807, 2.05) is 84.0 Å². The number of ether oxygens (including phenoxy) is 2. The molecule has 14 nitrogen and oxygen atoms in total. The number of benzene rings is 2. The summed E-state index contributed by atoms with van der Waals surface area (Å²) >= 11 is 5.32. The molecule has 0 saturated heterocycles. The zero-order chi connectivity index (χ0) is 39.8. The number of carbonyl (C=O) groups excluding carboxylic acids is 2. The third-order valence-corrected chi connectivity index (χ3v) is 7.36. The molecule has 4 heterocycles. The van der Waals surface area contributed by atoms with Crippen LogP contribution in [0.15, 0.2) is 119 Å². The van der Waals surface area contributed by atoms with Crippen molar-refractivity contribution in [3.8, 4) is 23.0 Å². The van der Waals surface area contributed by atoms with E-state index in [2.05, 4.69) is 36.2 Å². The number of hydrogen-bond acceptors (Lipinski definition) is 12. The Morgan fingerprint density at radius 2 is 1.13 bits per heavy atom. The van der Waals surface area contributed by atoms with Crippen molar-refractivity contribution in [1.82, 2.24) is 20.3 Å². The maximum absolute atomic E-state index is 12.1. The number of halogens is 1. The molecule has 0 fully saturated rings. The minimum absolute atomic E-state index is 0.0876. The summed E-state index contributed by atoms with van der Waals surface area (Å²) in [4.78, 5) is 30.9. The van der Waals surface area contributed by atoms with Crippen molar-refractivity contribution in [3.05, 3.63) is 121 Å². The van der Waals surface area contributed by atoms with Crippen molar-refractivity contribution >= 4 is 46.6 Å². The van der Waals surface area contributed by atoms with Gasteiger partial charge in [-0.2, -0.15) is 0 Å². The molecule has 0 aliphatic rings. The smallest absolute Gasteiger partial charge is 0.246 e. The summed E-state index contributed by atoms with van der Waals surface area (Å²) in [6.45, 7) is 12.2. The average Bonchev–Trinajstić information content (AvgIpc) is 3.83. The van der Waals surface area contributed by atoms with Gasteiger partial charge in [-0.1, -0.05) is 64.0 Å². The minimum atomic E-state index is -0.303. The van der Waals surface area contributed by atoms with E-state index in [4.69, 9.17) is 35.9 Å². The molecule has 2 amide bonds. The molecule has 0 atom stereocenters. The fourth-order valence-electron chi connectivity index (χ4n) is 4.24. The number of nitrogen functional groups attached to an aromatic ring is 1. The van der Waals surface area contributed by atoms with Crippen LogP contribution in [0.4, 0.5) is 23.1 Å². The van der Waals surface area contributed by atoms with Crippen molar-refractivity contribution < 1.29 is 28.1 Å². The fraction of sp³-hybridized carbons (Fsp3) is 0.250. The van der Waals surface area contributed by atoms with Crippen LogP contribution in [0, 0.1) is 0 Å². The number of nitrogens with one attached hydrogen (secondary N) is 3. The third-order valence-electron chi connectivity index (χ3n) is 7.12. The van der Waals surface area contributed by atoms with Gasteiger partial charge in [0.1, 0.15) is 28.9 Å². The molecular formula is C40H45ClN8O6. The van der Waals surface area contributed by atoms with Gasteiger partial charge >= 0.3 is 0 Å². The lowest BCUT2D eigenvalue weighted by Gasteiger charge is -2.12. The molecule has 0 saturated carbocycles. The van der Waals surface area contributed by atoms with E-state index in [9.17, 15) is 9.59 Å². The second kappa shape index (κ2) is 19.6. The van der Waals surface area contributed by atoms with Gasteiger partial charge in [0.15, 0.2) is 0 Å². The molecular weight excluding hydrogens is 724 g/mol. The Kier molecular flexibility index (Phi) is 14.7. The molecule has 6 aromatic rings. The summed E-state index contributed by atoms with van der Waals surface area (Å²) in [6, 6.07) is 25.3. The molecule has 4 aromatic heterocycles. The highest BCUT2D eigenvalue weighted by molar-refractivity contribution is 6.28. The number of nitrogens with zero attached hydrogens (tertiary/aromatic N) is 4. The first-order chi connectivity index (χ1) is 26.2. The Balaban J connectivity index is 0.000000202. The SMILES string of the molecule is CC(C)(C)c1cc(NC(=O)CCl)on1.CC(C)(C)c1cc(NC(=O)CNc2cccc(Oc3ccncc3)c2)on1.Nc1cccc(Oc2ccncc2)c1. The Bertz CT molecular complexity index is 2090. The molecule has 15 heteroatoms. The lowest BCUT2D eigenvalue weighted by atomic mass is 9.92. The molecule has 55 heavy (non-hydrogen) atoms. The van der Waals surface area contributed by atoms with E-state index in [0.717, 1.165) is 28.6 Å². The minimum Gasteiger partial charge on any atom is -0.457 e. The Hall–Kier alpha value is -6.41. The van der Waals surface area contributed by atoms with Gasteiger partial charge in [0.05, 0.1) is 17.9 Å². The number of rotatable bonds is 10. The van der Waals surface area contributed by atoms with Gasteiger partial charge in [-0.3, -0.25) is 30.2 Å². The Morgan fingerprint density at radius 3 is 1.58 bits per heavy atom. The van der Waals surface area contributed by atoms with Crippen molar-refractivity contribution in [2.24, 2.45) is 0 Å². The topological polar surface area (TPSA) is 193 Å². The normalized spacial score (nSPS) is 10.8. The number of carbonyl (C=O) groups is 2. The van der Waals surface area contributed by atoms with E-state index >= 15 is 0 Å². The van der Waals surface area contributed by atoms with Gasteiger partial charge in [0, 0.05) is 71.3 Å². The fourth-order valence-corrected chi connectivity index (χ4v) is 4.31. The van der Waals surface area contributed by atoms with Gasteiger partial charge < -0.3 is 29.6 Å². The lowest BCUT2D eigenvalue weighted by Crippen LogP contribution is -2.21. The van der Waals surface area contributed by atoms with Gasteiger partial charge in [-0.25, -0.2) is 0 Å². The summed E-state index contributed by atoms with van der Waals surface area (Å²) in [6.07, 6.45) is 6.69. The summed E-state index contributed by atoms with van der Waals surface area (Å²) in [5.41, 5.74) is 8.43. The molecule has 0 unspecified atom stereocenters. The van der Waals surface area contributed by atoms with Crippen LogP contribution in [0.1, 0.15) is 52.9 Å². The molecule has 288 valence electrons. The number of hydrogen-bond donors (Lipinski definition) is 4. The molecule has 0 aliphatic carbocycles. The Labute approximate surface area is 324 Å². The van der Waals surface area contributed by atoms with E-state index in [1.165, 1.54) is 0 Å². The highest BCUT2D eigenvalue weighted by atomic mass is 35.5. The second-order valence-corrected chi connectivity index (χ2v) is 14.2. The molecule has 2 aromatic carbocycles. The summed E-state index contributed by atoms with van der Waals surface area (Å²) < 4.78 is 21.4. The molecule has 0 radical (unpaired) electrons. The predicted octanol–water partition coefficient (Wildman–Crippen LogP) is 8.82. The lowest BCUT2D eigenvalue weighted by molar-refractivity contribution is -0.115. The van der Waals surface area contributed by atoms with Crippen molar-refractivity contribution in [2.75, 3.05) is 34.1 Å². The first kappa shape index (κ1) is 41.3. The van der Waals surface area contributed by atoms with E-state index in [-0.39, 0.29) is 35.1 Å². The first-order valence-electron chi connectivity index (χ1n) is 17.1. The van der Waals surface area contributed by atoms with Crippen LogP contribution in [0.2, 0.25) is 0 Å². The quantitative estimate of drug-likeness (QED) is 0.0766. The number of alkyl halides is 1. The summed E-state index contributed by atoms with van der Waals surface area (Å²) in [5, 5.41) is 16.1. The van der Waals surface area contributed by atoms with Crippen LogP contribution >= 0.6 is 11.6 Å². The van der Waals surface area contributed by atoms with E-state index < -0.39 is 0 Å². The van der Waals surface area contributed by atoms with Gasteiger partial charge in [-0.05, 0) is 48.5 Å². The van der Waals surface area contributed by atoms with Crippen molar-refractivity contribution in [2.45, 2.75) is 52.4 Å².